The first-order valence-electron chi connectivity index (χ1n) is 7.32. The van der Waals surface area contributed by atoms with Crippen molar-refractivity contribution in [1.82, 2.24) is 0 Å². The molecule has 0 radical (unpaired) electrons. The van der Waals surface area contributed by atoms with Crippen LogP contribution in [0.5, 0.6) is 28.7 Å². The van der Waals surface area contributed by atoms with Gasteiger partial charge in [0.15, 0.2) is 23.0 Å². The Hall–Kier alpha value is -2.88. The Morgan fingerprint density at radius 1 is 1.08 bits per heavy atom. The summed E-state index contributed by atoms with van der Waals surface area (Å²) in [6.07, 6.45) is -5.80. The summed E-state index contributed by atoms with van der Waals surface area (Å²) in [6, 6.07) is 2.23. The molecule has 10 heteroatoms. The second-order valence-corrected chi connectivity index (χ2v) is 5.58. The van der Waals surface area contributed by atoms with E-state index in [-0.39, 0.29) is 24.7 Å². The van der Waals surface area contributed by atoms with Crippen LogP contribution in [-0.2, 0) is 6.18 Å². The van der Waals surface area contributed by atoms with E-state index in [4.69, 9.17) is 15.2 Å². The molecule has 1 aliphatic rings. The standard InChI is InChI=1S/C16H13F4NO5/c17-6-1-9(15-11(2-6)25-5-7(4-21)26-15)8-3-10(22)13(23)14(24)12(8)16(18,19)20/h1-3,7,22-24H,4-5,21H2/t7-/m0/s1. The fourth-order valence-electron chi connectivity index (χ4n) is 2.64. The highest BCUT2D eigenvalue weighted by atomic mass is 19.4. The number of nitrogens with two attached hydrogens (primary N) is 1. The molecule has 26 heavy (non-hydrogen) atoms. The van der Waals surface area contributed by atoms with Crippen molar-refractivity contribution in [2.24, 2.45) is 5.73 Å². The summed E-state index contributed by atoms with van der Waals surface area (Å²) in [5.74, 6) is -5.24. The number of hydrogen-bond donors (Lipinski definition) is 4. The van der Waals surface area contributed by atoms with Crippen molar-refractivity contribution in [1.29, 1.82) is 0 Å². The van der Waals surface area contributed by atoms with Gasteiger partial charge in [-0.15, -0.1) is 0 Å². The number of rotatable bonds is 2. The Bertz CT molecular complexity index is 869. The van der Waals surface area contributed by atoms with Crippen molar-refractivity contribution in [2.75, 3.05) is 13.2 Å². The van der Waals surface area contributed by atoms with Crippen LogP contribution in [0.25, 0.3) is 11.1 Å². The van der Waals surface area contributed by atoms with Gasteiger partial charge in [0.1, 0.15) is 24.1 Å². The lowest BCUT2D eigenvalue weighted by Gasteiger charge is -2.28. The highest BCUT2D eigenvalue weighted by Gasteiger charge is 2.40. The molecule has 3 rings (SSSR count). The van der Waals surface area contributed by atoms with Crippen molar-refractivity contribution in [3.63, 3.8) is 0 Å². The van der Waals surface area contributed by atoms with Gasteiger partial charge in [0, 0.05) is 23.7 Å². The molecule has 0 fully saturated rings. The molecule has 0 saturated heterocycles. The van der Waals surface area contributed by atoms with Gasteiger partial charge in [0.05, 0.1) is 0 Å². The van der Waals surface area contributed by atoms with Gasteiger partial charge in [-0.25, -0.2) is 4.39 Å². The second-order valence-electron chi connectivity index (χ2n) is 5.58. The molecule has 140 valence electrons. The van der Waals surface area contributed by atoms with E-state index in [0.29, 0.717) is 6.07 Å². The van der Waals surface area contributed by atoms with Crippen LogP contribution >= 0.6 is 0 Å². The number of alkyl halides is 3. The summed E-state index contributed by atoms with van der Waals surface area (Å²) < 4.78 is 65.0. The van der Waals surface area contributed by atoms with E-state index in [1.807, 2.05) is 0 Å². The maximum absolute atomic E-state index is 13.9. The normalized spacial score (nSPS) is 16.6. The molecule has 0 saturated carbocycles. The smallest absolute Gasteiger partial charge is 0.420 e. The quantitative estimate of drug-likeness (QED) is 0.475. The van der Waals surface area contributed by atoms with Crippen LogP contribution in [0.4, 0.5) is 17.6 Å². The molecular formula is C16H13F4NO5. The third-order valence-corrected chi connectivity index (χ3v) is 3.82. The third kappa shape index (κ3) is 2.92. The number of ether oxygens (including phenoxy) is 2. The fraction of sp³-hybridized carbons (Fsp3) is 0.250. The van der Waals surface area contributed by atoms with Crippen LogP contribution in [-0.4, -0.2) is 34.6 Å². The largest absolute Gasteiger partial charge is 0.504 e. The zero-order valence-corrected chi connectivity index (χ0v) is 13.0. The van der Waals surface area contributed by atoms with Gasteiger partial charge < -0.3 is 30.5 Å². The molecule has 2 aromatic carbocycles. The van der Waals surface area contributed by atoms with Crippen molar-refractivity contribution in [3.05, 3.63) is 29.6 Å². The molecule has 1 atom stereocenters. The predicted octanol–water partition coefficient (Wildman–Crippen LogP) is 2.73. The van der Waals surface area contributed by atoms with Gasteiger partial charge in [-0.1, -0.05) is 0 Å². The van der Waals surface area contributed by atoms with Crippen molar-refractivity contribution in [2.45, 2.75) is 12.3 Å². The average molecular weight is 375 g/mol. The van der Waals surface area contributed by atoms with Gasteiger partial charge >= 0.3 is 6.18 Å². The molecule has 6 nitrogen and oxygen atoms in total. The van der Waals surface area contributed by atoms with Gasteiger partial charge in [-0.2, -0.15) is 13.2 Å². The second kappa shape index (κ2) is 6.13. The SMILES string of the molecule is NC[C@H]1COc2cc(F)cc(-c3cc(O)c(O)c(O)c3C(F)(F)F)c2O1. The molecule has 1 aliphatic heterocycles. The van der Waals surface area contributed by atoms with Gasteiger partial charge in [-0.3, -0.25) is 0 Å². The van der Waals surface area contributed by atoms with Crippen molar-refractivity contribution < 1.29 is 42.4 Å². The molecule has 0 amide bonds. The molecule has 0 spiro atoms. The van der Waals surface area contributed by atoms with Gasteiger partial charge in [-0.05, 0) is 12.1 Å². The predicted molar refractivity (Wildman–Crippen MR) is 80.8 cm³/mol. The number of hydrogen-bond acceptors (Lipinski definition) is 6. The van der Waals surface area contributed by atoms with E-state index in [2.05, 4.69) is 0 Å². The Kier molecular flexibility index (Phi) is 4.23. The maximum atomic E-state index is 13.9. The number of aromatic hydroxyl groups is 3. The summed E-state index contributed by atoms with van der Waals surface area (Å²) in [7, 11) is 0. The van der Waals surface area contributed by atoms with Crippen LogP contribution in [0.1, 0.15) is 5.56 Å². The highest BCUT2D eigenvalue weighted by molar-refractivity contribution is 5.81. The Morgan fingerprint density at radius 3 is 2.38 bits per heavy atom. The minimum atomic E-state index is -5.12. The summed E-state index contributed by atoms with van der Waals surface area (Å²) in [5, 5.41) is 28.8. The van der Waals surface area contributed by atoms with E-state index in [9.17, 15) is 32.9 Å². The van der Waals surface area contributed by atoms with Crippen LogP contribution in [0.2, 0.25) is 0 Å². The molecule has 1 heterocycles. The minimum Gasteiger partial charge on any atom is -0.504 e. The number of phenolic OH excluding ortho intramolecular Hbond substituents is 3. The van der Waals surface area contributed by atoms with E-state index in [1.165, 1.54) is 0 Å². The molecule has 0 aromatic heterocycles. The number of phenols is 3. The van der Waals surface area contributed by atoms with Crippen molar-refractivity contribution in [3.8, 4) is 39.9 Å². The molecular weight excluding hydrogens is 362 g/mol. The van der Waals surface area contributed by atoms with E-state index >= 15 is 0 Å². The molecule has 0 aliphatic carbocycles. The van der Waals surface area contributed by atoms with Crippen LogP contribution in [0.15, 0.2) is 18.2 Å². The summed E-state index contributed by atoms with van der Waals surface area (Å²) in [5.41, 5.74) is 2.61. The lowest BCUT2D eigenvalue weighted by atomic mass is 9.95. The van der Waals surface area contributed by atoms with Crippen LogP contribution in [0.3, 0.4) is 0 Å². The Labute approximate surface area is 144 Å². The fourth-order valence-corrected chi connectivity index (χ4v) is 2.64. The lowest BCUT2D eigenvalue weighted by molar-refractivity contribution is -0.138. The zero-order valence-electron chi connectivity index (χ0n) is 13.0. The van der Waals surface area contributed by atoms with Crippen LogP contribution < -0.4 is 15.2 Å². The number of halogens is 4. The van der Waals surface area contributed by atoms with Crippen molar-refractivity contribution >= 4 is 0 Å². The summed E-state index contributed by atoms with van der Waals surface area (Å²) in [4.78, 5) is 0. The average Bonchev–Trinajstić information content (AvgIpc) is 2.56. The topological polar surface area (TPSA) is 105 Å². The van der Waals surface area contributed by atoms with E-state index < -0.39 is 52.0 Å². The van der Waals surface area contributed by atoms with E-state index in [0.717, 1.165) is 12.1 Å². The first kappa shape index (κ1) is 17.9. The lowest BCUT2D eigenvalue weighted by Crippen LogP contribution is -2.36. The maximum Gasteiger partial charge on any atom is 0.420 e. The third-order valence-electron chi connectivity index (χ3n) is 3.82. The molecule has 0 bridgehead atoms. The van der Waals surface area contributed by atoms with Gasteiger partial charge in [0.25, 0.3) is 0 Å². The molecule has 2 aromatic rings. The number of benzene rings is 2. The minimum absolute atomic E-state index is 0.00549. The molecule has 0 unspecified atom stereocenters. The van der Waals surface area contributed by atoms with E-state index in [1.54, 1.807) is 0 Å². The van der Waals surface area contributed by atoms with Crippen LogP contribution in [0, 0.1) is 5.82 Å². The first-order chi connectivity index (χ1) is 12.1. The first-order valence-corrected chi connectivity index (χ1v) is 7.32. The summed E-state index contributed by atoms with van der Waals surface area (Å²) >= 11 is 0. The Morgan fingerprint density at radius 2 is 1.77 bits per heavy atom. The monoisotopic (exact) mass is 375 g/mol. The number of fused-ring (bicyclic) bond motifs is 1. The highest BCUT2D eigenvalue weighted by Crippen LogP contribution is 2.53. The Balaban J connectivity index is 2.33. The molecule has 5 N–H and O–H groups in total. The zero-order chi connectivity index (χ0) is 19.2. The summed E-state index contributed by atoms with van der Waals surface area (Å²) in [6.45, 7) is -0.0287. The van der Waals surface area contributed by atoms with Gasteiger partial charge in [0.2, 0.25) is 5.75 Å².